The third-order valence-corrected chi connectivity index (χ3v) is 4.72. The van der Waals surface area contributed by atoms with Gasteiger partial charge in [0.05, 0.1) is 17.3 Å². The van der Waals surface area contributed by atoms with Gasteiger partial charge in [0.15, 0.2) is 29.5 Å². The number of amides is 1. The summed E-state index contributed by atoms with van der Waals surface area (Å²) in [6, 6.07) is 11.5. The molecule has 0 bridgehead atoms. The predicted molar refractivity (Wildman–Crippen MR) is 108 cm³/mol. The van der Waals surface area contributed by atoms with E-state index in [0.29, 0.717) is 22.6 Å². The second-order valence-electron chi connectivity index (χ2n) is 6.21. The molecule has 0 spiro atoms. The van der Waals surface area contributed by atoms with E-state index < -0.39 is 36.2 Å². The summed E-state index contributed by atoms with van der Waals surface area (Å²) in [5.74, 6) is -2.96. The Morgan fingerprint density at radius 1 is 1.19 bits per heavy atom. The first-order valence-corrected chi connectivity index (χ1v) is 9.78. The van der Waals surface area contributed by atoms with Crippen molar-refractivity contribution in [3.8, 4) is 23.1 Å². The minimum atomic E-state index is -1.12. The SMILES string of the molecule is C[C@H](OC(=O)COc1ccc(C#N)cc1)C(=O)Nc1nc(-c2ccc(F)c(F)c2)cs1. The molecule has 0 aliphatic carbocycles. The number of carbonyl (C=O) groups excluding carboxylic acids is 2. The number of nitrogens with one attached hydrogen (secondary N) is 1. The molecule has 158 valence electrons. The van der Waals surface area contributed by atoms with Crippen LogP contribution < -0.4 is 10.1 Å². The highest BCUT2D eigenvalue weighted by molar-refractivity contribution is 7.14. The molecule has 1 aromatic heterocycles. The van der Waals surface area contributed by atoms with Crippen LogP contribution in [-0.4, -0.2) is 29.6 Å². The van der Waals surface area contributed by atoms with E-state index in [9.17, 15) is 18.4 Å². The van der Waals surface area contributed by atoms with E-state index >= 15 is 0 Å². The number of ether oxygens (including phenoxy) is 2. The molecule has 3 aromatic rings. The molecule has 0 aliphatic heterocycles. The number of benzene rings is 2. The van der Waals surface area contributed by atoms with E-state index in [1.165, 1.54) is 25.1 Å². The summed E-state index contributed by atoms with van der Waals surface area (Å²) in [6.45, 7) is 0.972. The molecular weight excluding hydrogens is 428 g/mol. The molecule has 0 fully saturated rings. The fourth-order valence-electron chi connectivity index (χ4n) is 2.38. The molecule has 1 atom stereocenters. The minimum Gasteiger partial charge on any atom is -0.482 e. The van der Waals surface area contributed by atoms with Crippen molar-refractivity contribution < 1.29 is 27.8 Å². The zero-order valence-electron chi connectivity index (χ0n) is 16.1. The van der Waals surface area contributed by atoms with Gasteiger partial charge in [0, 0.05) is 10.9 Å². The summed E-state index contributed by atoms with van der Waals surface area (Å²) in [6.07, 6.45) is -1.12. The third-order valence-electron chi connectivity index (χ3n) is 3.97. The Bertz CT molecular complexity index is 1140. The number of nitriles is 1. The molecule has 0 aliphatic rings. The third kappa shape index (κ3) is 5.83. The first-order valence-electron chi connectivity index (χ1n) is 8.90. The second-order valence-corrected chi connectivity index (χ2v) is 7.07. The molecule has 1 heterocycles. The van der Waals surface area contributed by atoms with Crippen molar-refractivity contribution in [1.82, 2.24) is 4.98 Å². The maximum absolute atomic E-state index is 13.4. The molecule has 0 saturated carbocycles. The standard InChI is InChI=1S/C21H15F2N3O4S/c1-12(30-19(27)10-29-15-5-2-13(9-24)3-6-15)20(28)26-21-25-18(11-31-21)14-4-7-16(22)17(23)8-14/h2-8,11-12H,10H2,1H3,(H,25,26,28)/t12-/m0/s1. The van der Waals surface area contributed by atoms with Crippen LogP contribution in [0.4, 0.5) is 13.9 Å². The highest BCUT2D eigenvalue weighted by atomic mass is 32.1. The summed E-state index contributed by atoms with van der Waals surface area (Å²) in [5.41, 5.74) is 1.17. The number of hydrogen-bond acceptors (Lipinski definition) is 7. The Hall–Kier alpha value is -3.84. The van der Waals surface area contributed by atoms with E-state index in [0.717, 1.165) is 23.5 Å². The highest BCUT2D eigenvalue weighted by Gasteiger charge is 2.20. The highest BCUT2D eigenvalue weighted by Crippen LogP contribution is 2.26. The van der Waals surface area contributed by atoms with Gasteiger partial charge >= 0.3 is 5.97 Å². The Labute approximate surface area is 179 Å². The van der Waals surface area contributed by atoms with Crippen molar-refractivity contribution in [2.75, 3.05) is 11.9 Å². The van der Waals surface area contributed by atoms with Gasteiger partial charge in [-0.2, -0.15) is 5.26 Å². The Balaban J connectivity index is 1.50. The average molecular weight is 443 g/mol. The van der Waals surface area contributed by atoms with Crippen LogP contribution in [0.5, 0.6) is 5.75 Å². The van der Waals surface area contributed by atoms with E-state index in [1.54, 1.807) is 17.5 Å². The van der Waals surface area contributed by atoms with Gasteiger partial charge < -0.3 is 9.47 Å². The van der Waals surface area contributed by atoms with Crippen LogP contribution in [-0.2, 0) is 14.3 Å². The Morgan fingerprint density at radius 2 is 1.94 bits per heavy atom. The molecule has 0 unspecified atom stereocenters. The van der Waals surface area contributed by atoms with Gasteiger partial charge in [-0.3, -0.25) is 10.1 Å². The van der Waals surface area contributed by atoms with Crippen LogP contribution in [0.15, 0.2) is 47.8 Å². The lowest BCUT2D eigenvalue weighted by atomic mass is 10.2. The fraction of sp³-hybridized carbons (Fsp3) is 0.143. The zero-order chi connectivity index (χ0) is 22.4. The lowest BCUT2D eigenvalue weighted by Crippen LogP contribution is -2.31. The van der Waals surface area contributed by atoms with Crippen LogP contribution >= 0.6 is 11.3 Å². The van der Waals surface area contributed by atoms with Gasteiger partial charge in [-0.05, 0) is 49.4 Å². The summed E-state index contributed by atoms with van der Waals surface area (Å²) in [4.78, 5) is 28.3. The molecule has 0 radical (unpaired) electrons. The number of rotatable bonds is 7. The van der Waals surface area contributed by atoms with Crippen molar-refractivity contribution in [3.63, 3.8) is 0 Å². The first kappa shape index (κ1) is 21.9. The monoisotopic (exact) mass is 443 g/mol. The number of hydrogen-bond donors (Lipinski definition) is 1. The number of carbonyl (C=O) groups is 2. The maximum atomic E-state index is 13.4. The minimum absolute atomic E-state index is 0.210. The molecule has 1 amide bonds. The lowest BCUT2D eigenvalue weighted by molar-refractivity contribution is -0.155. The molecule has 10 heteroatoms. The number of nitrogens with zero attached hydrogens (tertiary/aromatic N) is 2. The van der Waals surface area contributed by atoms with Crippen LogP contribution in [0.1, 0.15) is 12.5 Å². The number of esters is 1. The van der Waals surface area contributed by atoms with E-state index in [1.807, 2.05) is 6.07 Å². The van der Waals surface area contributed by atoms with Crippen molar-refractivity contribution in [2.24, 2.45) is 0 Å². The summed E-state index contributed by atoms with van der Waals surface area (Å²) in [5, 5.41) is 13.0. The summed E-state index contributed by atoms with van der Waals surface area (Å²) >= 11 is 1.08. The Morgan fingerprint density at radius 3 is 2.61 bits per heavy atom. The van der Waals surface area contributed by atoms with Crippen molar-refractivity contribution >= 4 is 28.3 Å². The number of halogens is 2. The molecule has 1 N–H and O–H groups in total. The smallest absolute Gasteiger partial charge is 0.344 e. The largest absolute Gasteiger partial charge is 0.482 e. The maximum Gasteiger partial charge on any atom is 0.344 e. The first-order chi connectivity index (χ1) is 14.9. The number of anilines is 1. The van der Waals surface area contributed by atoms with Gasteiger partial charge in [-0.25, -0.2) is 18.6 Å². The van der Waals surface area contributed by atoms with Crippen molar-refractivity contribution in [3.05, 3.63) is 65.0 Å². The average Bonchev–Trinajstić information content (AvgIpc) is 3.23. The van der Waals surface area contributed by atoms with E-state index in [4.69, 9.17) is 14.7 Å². The molecule has 0 saturated heterocycles. The van der Waals surface area contributed by atoms with Crippen LogP contribution in [0.25, 0.3) is 11.3 Å². The molecule has 31 heavy (non-hydrogen) atoms. The molecule has 3 rings (SSSR count). The number of thiazole rings is 1. The zero-order valence-corrected chi connectivity index (χ0v) is 16.9. The van der Waals surface area contributed by atoms with Gasteiger partial charge in [-0.15, -0.1) is 11.3 Å². The van der Waals surface area contributed by atoms with Gasteiger partial charge in [0.25, 0.3) is 5.91 Å². The van der Waals surface area contributed by atoms with Gasteiger partial charge in [0.1, 0.15) is 5.75 Å². The quantitative estimate of drug-likeness (QED) is 0.556. The topological polar surface area (TPSA) is 101 Å². The Kier molecular flexibility index (Phi) is 6.89. The molecule has 7 nitrogen and oxygen atoms in total. The summed E-state index contributed by atoms with van der Waals surface area (Å²) in [7, 11) is 0. The van der Waals surface area contributed by atoms with Gasteiger partial charge in [-0.1, -0.05) is 0 Å². The summed E-state index contributed by atoms with van der Waals surface area (Å²) < 4.78 is 36.7. The second kappa shape index (κ2) is 9.77. The van der Waals surface area contributed by atoms with Crippen molar-refractivity contribution in [2.45, 2.75) is 13.0 Å². The molecule has 2 aromatic carbocycles. The van der Waals surface area contributed by atoms with Crippen molar-refractivity contribution in [1.29, 1.82) is 5.26 Å². The normalized spacial score (nSPS) is 11.3. The van der Waals surface area contributed by atoms with Crippen LogP contribution in [0.3, 0.4) is 0 Å². The lowest BCUT2D eigenvalue weighted by Gasteiger charge is -2.12. The van der Waals surface area contributed by atoms with Gasteiger partial charge in [0.2, 0.25) is 0 Å². The van der Waals surface area contributed by atoms with E-state index in [2.05, 4.69) is 10.3 Å². The van der Waals surface area contributed by atoms with Crippen LogP contribution in [0, 0.1) is 23.0 Å². The van der Waals surface area contributed by atoms with Crippen LogP contribution in [0.2, 0.25) is 0 Å². The fourth-order valence-corrected chi connectivity index (χ4v) is 3.10. The predicted octanol–water partition coefficient (Wildman–Crippen LogP) is 3.91. The number of aromatic nitrogens is 1. The van der Waals surface area contributed by atoms with E-state index in [-0.39, 0.29) is 5.13 Å². The molecular formula is C21H15F2N3O4S.